The van der Waals surface area contributed by atoms with Crippen molar-refractivity contribution in [3.8, 4) is 5.75 Å². The predicted octanol–water partition coefficient (Wildman–Crippen LogP) is 5.05. The van der Waals surface area contributed by atoms with E-state index in [2.05, 4.69) is 10.3 Å². The number of halogens is 1. The zero-order valence-corrected chi connectivity index (χ0v) is 20.8. The molecule has 9 heteroatoms. The van der Waals surface area contributed by atoms with Crippen LogP contribution in [0.25, 0.3) is 0 Å². The lowest BCUT2D eigenvalue weighted by Crippen LogP contribution is -2.37. The highest BCUT2D eigenvalue weighted by Crippen LogP contribution is 2.29. The van der Waals surface area contributed by atoms with Crippen molar-refractivity contribution in [3.05, 3.63) is 83.6 Å². The molecule has 0 spiro atoms. The zero-order valence-electron chi connectivity index (χ0n) is 19.2. The van der Waals surface area contributed by atoms with Gasteiger partial charge in [0.15, 0.2) is 5.11 Å². The Hall–Kier alpha value is -3.49. The van der Waals surface area contributed by atoms with Crippen LogP contribution in [0.2, 0.25) is 5.02 Å². The average molecular weight is 509 g/mol. The third-order valence-corrected chi connectivity index (χ3v) is 6.16. The summed E-state index contributed by atoms with van der Waals surface area (Å²) in [6.45, 7) is 3.04. The smallest absolute Gasteiger partial charge is 0.256 e. The minimum atomic E-state index is -0.751. The molecule has 2 heterocycles. The van der Waals surface area contributed by atoms with Gasteiger partial charge in [-0.05, 0) is 84.9 Å². The summed E-state index contributed by atoms with van der Waals surface area (Å²) in [6, 6.07) is 17.0. The molecule has 0 saturated carbocycles. The standard InChI is InChI=1S/C26H25ClN4O3S/c1-2-15-34-22-9-5-20(6-10-22)29-24(32)16-23-25(33)31(21-7-3-19(27)4-8-21)26(35)30(23)17-18-11-13-28-14-12-18/h3-14,23H,2,15-17H2,1H3,(H,29,32)/t23-/m0/s1. The van der Waals surface area contributed by atoms with Crippen LogP contribution in [0.3, 0.4) is 0 Å². The number of anilines is 2. The van der Waals surface area contributed by atoms with Gasteiger partial charge in [-0.1, -0.05) is 18.5 Å². The van der Waals surface area contributed by atoms with Crippen LogP contribution in [0.4, 0.5) is 11.4 Å². The molecular formula is C26H25ClN4O3S. The first-order valence-electron chi connectivity index (χ1n) is 11.3. The van der Waals surface area contributed by atoms with Crippen LogP contribution in [0, 0.1) is 0 Å². The summed E-state index contributed by atoms with van der Waals surface area (Å²) in [6.07, 6.45) is 4.23. The fourth-order valence-corrected chi connectivity index (χ4v) is 4.28. The number of benzene rings is 2. The molecule has 2 amide bonds. The maximum atomic E-state index is 13.5. The first-order valence-corrected chi connectivity index (χ1v) is 12.1. The fourth-order valence-electron chi connectivity index (χ4n) is 3.77. The van der Waals surface area contributed by atoms with Crippen molar-refractivity contribution in [2.45, 2.75) is 32.4 Å². The van der Waals surface area contributed by atoms with Gasteiger partial charge in [0.2, 0.25) is 5.91 Å². The minimum Gasteiger partial charge on any atom is -0.494 e. The summed E-state index contributed by atoms with van der Waals surface area (Å²) in [4.78, 5) is 33.7. The highest BCUT2D eigenvalue weighted by Gasteiger charge is 2.44. The number of thiocarbonyl (C=S) groups is 1. The number of rotatable bonds is 9. The van der Waals surface area contributed by atoms with Gasteiger partial charge < -0.3 is 15.0 Å². The van der Waals surface area contributed by atoms with Crippen LogP contribution < -0.4 is 15.0 Å². The van der Waals surface area contributed by atoms with Gasteiger partial charge in [-0.3, -0.25) is 19.5 Å². The van der Waals surface area contributed by atoms with Gasteiger partial charge in [-0.2, -0.15) is 0 Å². The van der Waals surface area contributed by atoms with Crippen molar-refractivity contribution in [1.82, 2.24) is 9.88 Å². The lowest BCUT2D eigenvalue weighted by atomic mass is 10.1. The molecular weight excluding hydrogens is 484 g/mol. The van der Waals surface area contributed by atoms with Gasteiger partial charge in [0.25, 0.3) is 5.91 Å². The monoisotopic (exact) mass is 508 g/mol. The van der Waals surface area contributed by atoms with Crippen LogP contribution in [0.1, 0.15) is 25.3 Å². The van der Waals surface area contributed by atoms with Gasteiger partial charge in [-0.25, -0.2) is 0 Å². The number of nitrogens with zero attached hydrogens (tertiary/aromatic N) is 3. The van der Waals surface area contributed by atoms with E-state index >= 15 is 0 Å². The molecule has 1 atom stereocenters. The van der Waals surface area contributed by atoms with Crippen molar-refractivity contribution < 1.29 is 14.3 Å². The molecule has 35 heavy (non-hydrogen) atoms. The number of hydrogen-bond acceptors (Lipinski definition) is 5. The van der Waals surface area contributed by atoms with Gasteiger partial charge in [-0.15, -0.1) is 0 Å². The summed E-state index contributed by atoms with van der Waals surface area (Å²) in [5, 5.41) is 3.77. The quantitative estimate of drug-likeness (QED) is 0.407. The third-order valence-electron chi connectivity index (χ3n) is 5.50. The van der Waals surface area contributed by atoms with E-state index in [0.717, 1.165) is 17.7 Å². The summed E-state index contributed by atoms with van der Waals surface area (Å²) in [5.41, 5.74) is 2.16. The maximum absolute atomic E-state index is 13.5. The van der Waals surface area contributed by atoms with Crippen molar-refractivity contribution in [3.63, 3.8) is 0 Å². The molecule has 4 rings (SSSR count). The van der Waals surface area contributed by atoms with Crippen molar-refractivity contribution in [1.29, 1.82) is 0 Å². The first kappa shape index (κ1) is 24.6. The highest BCUT2D eigenvalue weighted by molar-refractivity contribution is 7.80. The van der Waals surface area contributed by atoms with Gasteiger partial charge in [0, 0.05) is 29.6 Å². The number of ether oxygens (including phenoxy) is 1. The number of carbonyl (C=O) groups is 2. The Kier molecular flexibility index (Phi) is 7.94. The molecule has 2 aromatic carbocycles. The lowest BCUT2D eigenvalue weighted by Gasteiger charge is -2.24. The number of carbonyl (C=O) groups excluding carboxylic acids is 2. The maximum Gasteiger partial charge on any atom is 0.256 e. The second-order valence-corrected chi connectivity index (χ2v) is 8.86. The van der Waals surface area contributed by atoms with Crippen LogP contribution in [0.15, 0.2) is 73.1 Å². The molecule has 180 valence electrons. The molecule has 1 aliphatic rings. The van der Waals surface area contributed by atoms with E-state index in [9.17, 15) is 9.59 Å². The number of amides is 2. The Bertz CT molecular complexity index is 1190. The second-order valence-electron chi connectivity index (χ2n) is 8.06. The minimum absolute atomic E-state index is 0.0533. The van der Waals surface area contributed by atoms with E-state index in [1.165, 1.54) is 4.90 Å². The first-order chi connectivity index (χ1) is 17.0. The number of pyridine rings is 1. The van der Waals surface area contributed by atoms with Gasteiger partial charge in [0.1, 0.15) is 11.8 Å². The zero-order chi connectivity index (χ0) is 24.8. The summed E-state index contributed by atoms with van der Waals surface area (Å²) >= 11 is 11.7. The fraction of sp³-hybridized carbons (Fsp3) is 0.231. The highest BCUT2D eigenvalue weighted by atomic mass is 35.5. The Labute approximate surface area is 214 Å². The van der Waals surface area contributed by atoms with E-state index in [1.54, 1.807) is 65.8 Å². The topological polar surface area (TPSA) is 74.8 Å². The Morgan fingerprint density at radius 2 is 1.77 bits per heavy atom. The molecule has 0 aliphatic carbocycles. The molecule has 1 aliphatic heterocycles. The number of aromatic nitrogens is 1. The third kappa shape index (κ3) is 5.96. The Morgan fingerprint density at radius 1 is 1.09 bits per heavy atom. The second kappa shape index (κ2) is 11.3. The summed E-state index contributed by atoms with van der Waals surface area (Å²) < 4.78 is 5.58. The molecule has 7 nitrogen and oxygen atoms in total. The SMILES string of the molecule is CCCOc1ccc(NC(=O)C[C@H]2C(=O)N(c3ccc(Cl)cc3)C(=S)N2Cc2ccncc2)cc1. The molecule has 0 bridgehead atoms. The van der Waals surface area contributed by atoms with Crippen LogP contribution in [-0.4, -0.2) is 39.5 Å². The predicted molar refractivity (Wildman–Crippen MR) is 141 cm³/mol. The van der Waals surface area contributed by atoms with E-state index in [4.69, 9.17) is 28.6 Å². The molecule has 1 N–H and O–H groups in total. The van der Waals surface area contributed by atoms with E-state index in [0.29, 0.717) is 34.7 Å². The number of nitrogens with one attached hydrogen (secondary N) is 1. The van der Waals surface area contributed by atoms with E-state index in [-0.39, 0.29) is 18.2 Å². The van der Waals surface area contributed by atoms with Crippen LogP contribution in [-0.2, 0) is 16.1 Å². The van der Waals surface area contributed by atoms with Gasteiger partial charge in [0.05, 0.1) is 18.7 Å². The largest absolute Gasteiger partial charge is 0.494 e. The Morgan fingerprint density at radius 3 is 2.43 bits per heavy atom. The summed E-state index contributed by atoms with van der Waals surface area (Å²) in [7, 11) is 0. The summed E-state index contributed by atoms with van der Waals surface area (Å²) in [5.74, 6) is 0.194. The molecule has 1 aromatic heterocycles. The lowest BCUT2D eigenvalue weighted by molar-refractivity contribution is -0.124. The Balaban J connectivity index is 1.52. The molecule has 1 fully saturated rings. The van der Waals surface area contributed by atoms with Crippen molar-refractivity contribution in [2.75, 3.05) is 16.8 Å². The van der Waals surface area contributed by atoms with Crippen molar-refractivity contribution in [2.24, 2.45) is 0 Å². The van der Waals surface area contributed by atoms with Gasteiger partial charge >= 0.3 is 0 Å². The number of hydrogen-bond donors (Lipinski definition) is 1. The van der Waals surface area contributed by atoms with E-state index < -0.39 is 6.04 Å². The van der Waals surface area contributed by atoms with Crippen LogP contribution >= 0.6 is 23.8 Å². The molecule has 1 saturated heterocycles. The average Bonchev–Trinajstić information content (AvgIpc) is 3.08. The van der Waals surface area contributed by atoms with Crippen molar-refractivity contribution >= 4 is 52.1 Å². The van der Waals surface area contributed by atoms with Crippen LogP contribution in [0.5, 0.6) is 5.75 Å². The normalized spacial score (nSPS) is 15.4. The molecule has 3 aromatic rings. The molecule has 0 unspecified atom stereocenters. The van der Waals surface area contributed by atoms with E-state index in [1.807, 2.05) is 19.1 Å². The molecule has 0 radical (unpaired) electrons.